The van der Waals surface area contributed by atoms with Gasteiger partial charge in [-0.05, 0) is 12.1 Å². The Kier molecular flexibility index (Phi) is 8.27. The van der Waals surface area contributed by atoms with Crippen LogP contribution in [0.2, 0.25) is 10.0 Å². The van der Waals surface area contributed by atoms with Gasteiger partial charge in [-0.3, -0.25) is 4.99 Å². The zero-order valence-electron chi connectivity index (χ0n) is 8.62. The fraction of sp³-hybridized carbons (Fsp3) is 0.222. The monoisotopic (exact) mass is 453 g/mol. The molecule has 96 valence electrons. The maximum atomic E-state index is 5.95. The van der Waals surface area contributed by atoms with E-state index in [1.165, 1.54) is 0 Å². The average molecular weight is 455 g/mol. The molecule has 0 saturated heterocycles. The fourth-order valence-electron chi connectivity index (χ4n) is 0.989. The molecule has 0 aromatic heterocycles. The minimum absolute atomic E-state index is 0. The van der Waals surface area contributed by atoms with Crippen molar-refractivity contribution < 1.29 is 4.74 Å². The van der Waals surface area contributed by atoms with Crippen molar-refractivity contribution in [2.45, 2.75) is 0 Å². The van der Waals surface area contributed by atoms with E-state index in [2.05, 4.69) is 20.9 Å². The lowest BCUT2D eigenvalue weighted by molar-refractivity contribution is 0.329. The molecule has 0 radical (unpaired) electrons. The third-order valence-electron chi connectivity index (χ3n) is 1.60. The number of nitrogens with zero attached hydrogens (tertiary/aromatic N) is 1. The average Bonchev–Trinajstić information content (AvgIpc) is 2.14. The number of benzene rings is 1. The summed E-state index contributed by atoms with van der Waals surface area (Å²) in [5.74, 6) is 0.453. The highest BCUT2D eigenvalue weighted by atomic mass is 127. The van der Waals surface area contributed by atoms with E-state index in [1.807, 2.05) is 0 Å². The molecule has 17 heavy (non-hydrogen) atoms. The molecule has 0 atom stereocenters. The van der Waals surface area contributed by atoms with Gasteiger partial charge in [0.1, 0.15) is 6.61 Å². The maximum Gasteiger partial charge on any atom is 0.186 e. The van der Waals surface area contributed by atoms with Gasteiger partial charge in [-0.2, -0.15) is 0 Å². The minimum Gasteiger partial charge on any atom is -0.489 e. The number of halogens is 4. The first-order valence-corrected chi connectivity index (χ1v) is 5.88. The Balaban J connectivity index is 0.00000256. The van der Waals surface area contributed by atoms with Gasteiger partial charge < -0.3 is 16.2 Å². The van der Waals surface area contributed by atoms with Gasteiger partial charge in [0.05, 0.1) is 16.6 Å². The summed E-state index contributed by atoms with van der Waals surface area (Å²) in [6.45, 7) is 0.657. The Bertz CT molecular complexity index is 390. The van der Waals surface area contributed by atoms with Crippen LogP contribution in [-0.4, -0.2) is 19.1 Å². The van der Waals surface area contributed by atoms with E-state index in [-0.39, 0.29) is 29.9 Å². The number of hydrogen-bond acceptors (Lipinski definition) is 2. The summed E-state index contributed by atoms with van der Waals surface area (Å²) in [6.07, 6.45) is 0. The van der Waals surface area contributed by atoms with Crippen molar-refractivity contribution in [3.05, 3.63) is 26.7 Å². The number of aliphatic imine (C=N–C) groups is 1. The largest absolute Gasteiger partial charge is 0.489 e. The summed E-state index contributed by atoms with van der Waals surface area (Å²) in [5, 5.41) is 0.869. The molecule has 1 rings (SSSR count). The summed E-state index contributed by atoms with van der Waals surface area (Å²) < 4.78 is 6.16. The molecular formula is C9H11BrCl2IN3O. The van der Waals surface area contributed by atoms with Crippen molar-refractivity contribution in [1.29, 1.82) is 0 Å². The van der Waals surface area contributed by atoms with E-state index in [4.69, 9.17) is 39.4 Å². The lowest BCUT2D eigenvalue weighted by Gasteiger charge is -2.09. The van der Waals surface area contributed by atoms with Crippen LogP contribution in [0.5, 0.6) is 5.75 Å². The number of ether oxygens (including phenoxy) is 1. The molecule has 1 aromatic carbocycles. The van der Waals surface area contributed by atoms with Crippen molar-refractivity contribution in [2.24, 2.45) is 16.5 Å². The van der Waals surface area contributed by atoms with Crippen molar-refractivity contribution in [3.8, 4) is 5.75 Å². The van der Waals surface area contributed by atoms with Gasteiger partial charge in [-0.1, -0.05) is 39.1 Å². The van der Waals surface area contributed by atoms with Crippen LogP contribution in [0.15, 0.2) is 21.6 Å². The van der Waals surface area contributed by atoms with Gasteiger partial charge in [-0.15, -0.1) is 24.0 Å². The Morgan fingerprint density at radius 3 is 2.29 bits per heavy atom. The third-order valence-corrected chi connectivity index (χ3v) is 2.61. The molecule has 4 N–H and O–H groups in total. The van der Waals surface area contributed by atoms with Gasteiger partial charge in [-0.25, -0.2) is 0 Å². The number of nitrogens with two attached hydrogens (primary N) is 2. The molecule has 0 heterocycles. The molecule has 0 unspecified atom stereocenters. The highest BCUT2D eigenvalue weighted by molar-refractivity contribution is 14.0. The third kappa shape index (κ3) is 5.98. The summed E-state index contributed by atoms with van der Waals surface area (Å²) >= 11 is 15.2. The fourth-order valence-corrected chi connectivity index (χ4v) is 2.31. The van der Waals surface area contributed by atoms with Crippen LogP contribution >= 0.6 is 63.1 Å². The molecule has 0 aliphatic carbocycles. The van der Waals surface area contributed by atoms with Crippen LogP contribution < -0.4 is 16.2 Å². The van der Waals surface area contributed by atoms with Crippen molar-refractivity contribution in [1.82, 2.24) is 0 Å². The van der Waals surface area contributed by atoms with Gasteiger partial charge in [0.2, 0.25) is 0 Å². The first-order chi connectivity index (χ1) is 7.50. The number of rotatable bonds is 4. The molecule has 8 heteroatoms. The maximum absolute atomic E-state index is 5.95. The predicted molar refractivity (Wildman–Crippen MR) is 85.7 cm³/mol. The van der Waals surface area contributed by atoms with E-state index < -0.39 is 0 Å². The molecule has 0 spiro atoms. The van der Waals surface area contributed by atoms with E-state index in [1.54, 1.807) is 12.1 Å². The second kappa shape index (κ2) is 8.23. The normalized spacial score (nSPS) is 9.35. The van der Waals surface area contributed by atoms with Crippen molar-refractivity contribution >= 4 is 69.1 Å². The van der Waals surface area contributed by atoms with Crippen LogP contribution in [-0.2, 0) is 0 Å². The van der Waals surface area contributed by atoms with Crippen LogP contribution in [0.25, 0.3) is 0 Å². The molecule has 0 bridgehead atoms. The predicted octanol–water partition coefficient (Wildman–Crippen LogP) is 3.03. The molecule has 0 saturated carbocycles. The van der Waals surface area contributed by atoms with Crippen LogP contribution in [0.1, 0.15) is 0 Å². The van der Waals surface area contributed by atoms with E-state index in [9.17, 15) is 0 Å². The van der Waals surface area contributed by atoms with Crippen LogP contribution in [0, 0.1) is 0 Å². The lowest BCUT2D eigenvalue weighted by Crippen LogP contribution is -2.23. The zero-order valence-corrected chi connectivity index (χ0v) is 14.0. The molecular weight excluding hydrogens is 444 g/mol. The summed E-state index contributed by atoms with van der Waals surface area (Å²) in [5.41, 5.74) is 10.3. The highest BCUT2D eigenvalue weighted by Crippen LogP contribution is 2.35. The molecule has 0 amide bonds. The quantitative estimate of drug-likeness (QED) is 0.318. The summed E-state index contributed by atoms with van der Waals surface area (Å²) in [4.78, 5) is 3.77. The molecule has 4 nitrogen and oxygen atoms in total. The Morgan fingerprint density at radius 1 is 1.29 bits per heavy atom. The van der Waals surface area contributed by atoms with Crippen molar-refractivity contribution in [3.63, 3.8) is 0 Å². The molecule has 0 fully saturated rings. The van der Waals surface area contributed by atoms with E-state index in [0.717, 1.165) is 4.47 Å². The number of guanidine groups is 1. The molecule has 0 aliphatic heterocycles. The van der Waals surface area contributed by atoms with Crippen molar-refractivity contribution in [2.75, 3.05) is 13.2 Å². The van der Waals surface area contributed by atoms with Crippen LogP contribution in [0.4, 0.5) is 0 Å². The van der Waals surface area contributed by atoms with Gasteiger partial charge in [0, 0.05) is 4.47 Å². The SMILES string of the molecule is I.NC(N)=NCCOc1c(Cl)cc(Br)cc1Cl. The van der Waals surface area contributed by atoms with Gasteiger partial charge in [0.15, 0.2) is 11.7 Å². The minimum atomic E-state index is 0. The topological polar surface area (TPSA) is 73.6 Å². The Labute approximate surface area is 135 Å². The van der Waals surface area contributed by atoms with Gasteiger partial charge >= 0.3 is 0 Å². The van der Waals surface area contributed by atoms with Gasteiger partial charge in [0.25, 0.3) is 0 Å². The van der Waals surface area contributed by atoms with E-state index >= 15 is 0 Å². The first kappa shape index (κ1) is 17.1. The molecule has 1 aromatic rings. The van der Waals surface area contributed by atoms with E-state index in [0.29, 0.717) is 28.9 Å². The van der Waals surface area contributed by atoms with Crippen LogP contribution in [0.3, 0.4) is 0 Å². The Morgan fingerprint density at radius 2 is 1.82 bits per heavy atom. The summed E-state index contributed by atoms with van der Waals surface area (Å²) in [7, 11) is 0. The smallest absolute Gasteiger partial charge is 0.186 e. The number of hydrogen-bond donors (Lipinski definition) is 2. The lowest BCUT2D eigenvalue weighted by atomic mass is 10.3. The second-order valence-electron chi connectivity index (χ2n) is 2.85. The summed E-state index contributed by atoms with van der Waals surface area (Å²) in [6, 6.07) is 3.40. The Hall–Kier alpha value is 0.0800. The highest BCUT2D eigenvalue weighted by Gasteiger charge is 2.08. The molecule has 0 aliphatic rings. The standard InChI is InChI=1S/C9H10BrCl2N3O.HI/c10-5-3-6(11)8(7(12)4-5)16-2-1-15-9(13)14;/h3-4H,1-2H2,(H4,13,14,15);1H. The first-order valence-electron chi connectivity index (χ1n) is 4.33. The zero-order chi connectivity index (χ0) is 12.1. The second-order valence-corrected chi connectivity index (χ2v) is 4.58.